The highest BCUT2D eigenvalue weighted by molar-refractivity contribution is 8.00. The summed E-state index contributed by atoms with van der Waals surface area (Å²) in [7, 11) is 0. The molecule has 1 unspecified atom stereocenters. The molecule has 0 aliphatic carbocycles. The highest BCUT2D eigenvalue weighted by Gasteiger charge is 2.24. The monoisotopic (exact) mass is 502 g/mol. The van der Waals surface area contributed by atoms with Crippen LogP contribution in [0, 0.1) is 20.8 Å². The molecule has 0 radical (unpaired) electrons. The van der Waals surface area contributed by atoms with Crippen molar-refractivity contribution in [2.45, 2.75) is 55.2 Å². The lowest BCUT2D eigenvalue weighted by Crippen LogP contribution is -2.26. The van der Waals surface area contributed by atoms with Crippen molar-refractivity contribution in [2.24, 2.45) is 0 Å². The van der Waals surface area contributed by atoms with Gasteiger partial charge in [0.2, 0.25) is 5.91 Å². The van der Waals surface area contributed by atoms with Crippen LogP contribution < -0.4 is 5.32 Å². The molecule has 0 bridgehead atoms. The van der Waals surface area contributed by atoms with Crippen LogP contribution in [0.15, 0.2) is 82.8 Å². The maximum atomic E-state index is 13.3. The van der Waals surface area contributed by atoms with Gasteiger partial charge in [0, 0.05) is 16.3 Å². The highest BCUT2D eigenvalue weighted by Crippen LogP contribution is 2.31. The third-order valence-corrected chi connectivity index (χ3v) is 7.98. The largest absolute Gasteiger partial charge is 0.325 e. The number of amides is 1. The lowest BCUT2D eigenvalue weighted by atomic mass is 10.0. The van der Waals surface area contributed by atoms with Gasteiger partial charge in [0.05, 0.1) is 11.0 Å². The molecule has 5 nitrogen and oxygen atoms in total. The number of benzene rings is 3. The maximum Gasteiger partial charge on any atom is 0.237 e. The van der Waals surface area contributed by atoms with Gasteiger partial charge in [-0.25, -0.2) is 0 Å². The van der Waals surface area contributed by atoms with E-state index in [-0.39, 0.29) is 11.2 Å². The first-order valence-corrected chi connectivity index (χ1v) is 13.6. The van der Waals surface area contributed by atoms with Crippen LogP contribution in [-0.2, 0) is 10.5 Å². The Morgan fingerprint density at radius 3 is 2.20 bits per heavy atom. The van der Waals surface area contributed by atoms with Crippen LogP contribution in [0.25, 0.3) is 5.69 Å². The number of aryl methyl sites for hydroxylation is 3. The van der Waals surface area contributed by atoms with E-state index >= 15 is 0 Å². The van der Waals surface area contributed by atoms with Gasteiger partial charge in [0.15, 0.2) is 5.16 Å². The molecule has 1 amide bonds. The number of anilines is 1. The Morgan fingerprint density at radius 2 is 1.57 bits per heavy atom. The van der Waals surface area contributed by atoms with E-state index in [0.717, 1.165) is 33.5 Å². The van der Waals surface area contributed by atoms with Crippen molar-refractivity contribution in [3.8, 4) is 5.69 Å². The van der Waals surface area contributed by atoms with Gasteiger partial charge in [0.1, 0.15) is 5.82 Å². The zero-order valence-corrected chi connectivity index (χ0v) is 22.1. The topological polar surface area (TPSA) is 59.8 Å². The third kappa shape index (κ3) is 6.16. The summed E-state index contributed by atoms with van der Waals surface area (Å²) in [4.78, 5) is 14.5. The van der Waals surface area contributed by atoms with Gasteiger partial charge in [-0.05, 0) is 62.6 Å². The van der Waals surface area contributed by atoms with Crippen LogP contribution in [-0.4, -0.2) is 25.9 Å². The molecule has 1 N–H and O–H groups in total. The van der Waals surface area contributed by atoms with E-state index in [1.54, 1.807) is 11.8 Å². The molecule has 180 valence electrons. The number of hydrogen-bond acceptors (Lipinski definition) is 5. The van der Waals surface area contributed by atoms with Crippen molar-refractivity contribution in [3.05, 3.63) is 95.3 Å². The van der Waals surface area contributed by atoms with E-state index in [0.29, 0.717) is 12.2 Å². The highest BCUT2D eigenvalue weighted by atomic mass is 32.2. The molecule has 0 fully saturated rings. The minimum Gasteiger partial charge on any atom is -0.325 e. The number of para-hydroxylation sites is 1. The number of nitrogens with one attached hydrogen (secondary N) is 1. The molecule has 3 aromatic carbocycles. The number of nitrogens with zero attached hydrogens (tertiary/aromatic N) is 3. The molecule has 0 spiro atoms. The molecular formula is C28H30N4OS2. The van der Waals surface area contributed by atoms with Crippen LogP contribution in [0.3, 0.4) is 0 Å². The van der Waals surface area contributed by atoms with E-state index < -0.39 is 0 Å². The normalized spacial score (nSPS) is 11.9. The van der Waals surface area contributed by atoms with Crippen molar-refractivity contribution in [1.82, 2.24) is 14.8 Å². The van der Waals surface area contributed by atoms with Crippen molar-refractivity contribution < 1.29 is 4.79 Å². The van der Waals surface area contributed by atoms with Crippen molar-refractivity contribution in [2.75, 3.05) is 5.32 Å². The van der Waals surface area contributed by atoms with Crippen LogP contribution >= 0.6 is 23.5 Å². The number of rotatable bonds is 9. The van der Waals surface area contributed by atoms with Crippen LogP contribution in [0.5, 0.6) is 0 Å². The summed E-state index contributed by atoms with van der Waals surface area (Å²) in [6.45, 7) is 8.17. The Kier molecular flexibility index (Phi) is 8.31. The molecule has 4 aromatic rings. The van der Waals surface area contributed by atoms with Crippen molar-refractivity contribution in [1.29, 1.82) is 0 Å². The molecular weight excluding hydrogens is 472 g/mol. The quantitative estimate of drug-likeness (QED) is 0.250. The fourth-order valence-electron chi connectivity index (χ4n) is 4.00. The van der Waals surface area contributed by atoms with Gasteiger partial charge >= 0.3 is 0 Å². The molecule has 1 aromatic heterocycles. The molecule has 1 heterocycles. The molecule has 7 heteroatoms. The Hall–Kier alpha value is -3.03. The summed E-state index contributed by atoms with van der Waals surface area (Å²) in [5.41, 5.74) is 5.22. The predicted octanol–water partition coefficient (Wildman–Crippen LogP) is 6.99. The number of thioether (sulfide) groups is 2. The molecule has 0 saturated heterocycles. The lowest BCUT2D eigenvalue weighted by Gasteiger charge is -2.18. The summed E-state index contributed by atoms with van der Waals surface area (Å²) < 4.78 is 2.07. The van der Waals surface area contributed by atoms with Gasteiger partial charge in [-0.3, -0.25) is 9.36 Å². The summed E-state index contributed by atoms with van der Waals surface area (Å²) in [6.07, 6.45) is 0.677. The summed E-state index contributed by atoms with van der Waals surface area (Å²) in [5.74, 6) is 1.51. The predicted molar refractivity (Wildman–Crippen MR) is 147 cm³/mol. The second-order valence-electron chi connectivity index (χ2n) is 8.45. The zero-order valence-electron chi connectivity index (χ0n) is 20.5. The third-order valence-electron chi connectivity index (χ3n) is 5.66. The Morgan fingerprint density at radius 1 is 0.943 bits per heavy atom. The second-order valence-corrected chi connectivity index (χ2v) is 10.7. The average molecular weight is 503 g/mol. The first kappa shape index (κ1) is 25.1. The van der Waals surface area contributed by atoms with E-state index in [2.05, 4.69) is 51.3 Å². The lowest BCUT2D eigenvalue weighted by molar-refractivity contribution is -0.115. The SMILES string of the molecule is CCC(Sc1nnc(CSc2ccccc2)n1-c1ccccc1)C(=O)Nc1c(C)cc(C)cc1C. The standard InChI is InChI=1S/C28H30N4OS2/c1-5-24(27(33)29-26-20(3)16-19(2)17-21(26)4)35-28-31-30-25(18-34-23-14-10-7-11-15-23)32(28)22-12-8-6-9-13-22/h6-17,24H,5,18H2,1-4H3,(H,29,33). The fraction of sp³-hybridized carbons (Fsp3) is 0.250. The van der Waals surface area contributed by atoms with E-state index in [4.69, 9.17) is 0 Å². The van der Waals surface area contributed by atoms with E-state index in [9.17, 15) is 4.79 Å². The summed E-state index contributed by atoms with van der Waals surface area (Å²) in [6, 6.07) is 24.6. The van der Waals surface area contributed by atoms with Crippen molar-refractivity contribution >= 4 is 35.1 Å². The maximum absolute atomic E-state index is 13.3. The molecule has 0 aliphatic heterocycles. The van der Waals surface area contributed by atoms with Gasteiger partial charge in [-0.1, -0.05) is 72.8 Å². The minimum atomic E-state index is -0.295. The van der Waals surface area contributed by atoms with Gasteiger partial charge in [-0.2, -0.15) is 0 Å². The Balaban J connectivity index is 1.58. The molecule has 0 saturated carbocycles. The summed E-state index contributed by atoms with van der Waals surface area (Å²) >= 11 is 3.18. The molecule has 35 heavy (non-hydrogen) atoms. The second kappa shape index (κ2) is 11.6. The summed E-state index contributed by atoms with van der Waals surface area (Å²) in [5, 5.41) is 12.6. The average Bonchev–Trinajstić information content (AvgIpc) is 3.26. The minimum absolute atomic E-state index is 0.0182. The molecule has 1 atom stereocenters. The molecule has 0 aliphatic rings. The van der Waals surface area contributed by atoms with Gasteiger partial charge < -0.3 is 5.32 Å². The Bertz CT molecular complexity index is 1270. The smallest absolute Gasteiger partial charge is 0.237 e. The van der Waals surface area contributed by atoms with E-state index in [1.165, 1.54) is 22.2 Å². The number of hydrogen-bond donors (Lipinski definition) is 1. The first-order chi connectivity index (χ1) is 17.0. The van der Waals surface area contributed by atoms with Gasteiger partial charge in [0.25, 0.3) is 0 Å². The van der Waals surface area contributed by atoms with Crippen LogP contribution in [0.2, 0.25) is 0 Å². The van der Waals surface area contributed by atoms with Crippen molar-refractivity contribution in [3.63, 3.8) is 0 Å². The number of aromatic nitrogens is 3. The van der Waals surface area contributed by atoms with E-state index in [1.807, 2.05) is 69.3 Å². The fourth-order valence-corrected chi connectivity index (χ4v) is 5.82. The number of carbonyl (C=O) groups is 1. The first-order valence-electron chi connectivity index (χ1n) is 11.7. The van der Waals surface area contributed by atoms with Gasteiger partial charge in [-0.15, -0.1) is 22.0 Å². The van der Waals surface area contributed by atoms with Crippen LogP contribution in [0.4, 0.5) is 5.69 Å². The van der Waals surface area contributed by atoms with Crippen LogP contribution in [0.1, 0.15) is 35.9 Å². The zero-order chi connectivity index (χ0) is 24.8. The molecule has 4 rings (SSSR count). The Labute approximate surface area is 215 Å². The number of carbonyl (C=O) groups excluding carboxylic acids is 1.